The molecule has 0 bridgehead atoms. The number of aliphatic hydroxyl groups is 1. The van der Waals surface area contributed by atoms with Gasteiger partial charge in [0.05, 0.1) is 18.8 Å². The number of rotatable bonds is 7. The van der Waals surface area contributed by atoms with Crippen LogP contribution < -0.4 is 5.32 Å². The topological polar surface area (TPSA) is 78.6 Å². The molecule has 1 unspecified atom stereocenters. The number of amides is 1. The van der Waals surface area contributed by atoms with E-state index in [0.717, 1.165) is 5.56 Å². The minimum atomic E-state index is -1.14. The molecule has 0 spiro atoms. The largest absolute Gasteiger partial charge is 0.447 e. The van der Waals surface area contributed by atoms with Crippen molar-refractivity contribution in [1.82, 2.24) is 15.2 Å². The number of aliphatic hydroxyl groups excluding tert-OH is 1. The van der Waals surface area contributed by atoms with Gasteiger partial charge in [-0.15, -0.1) is 0 Å². The highest BCUT2D eigenvalue weighted by Crippen LogP contribution is 2.12. The van der Waals surface area contributed by atoms with E-state index in [4.69, 9.17) is 16.0 Å². The highest BCUT2D eigenvalue weighted by atomic mass is 35.5. The van der Waals surface area contributed by atoms with Crippen molar-refractivity contribution in [3.8, 4) is 0 Å². The van der Waals surface area contributed by atoms with Crippen molar-refractivity contribution in [3.05, 3.63) is 52.7 Å². The van der Waals surface area contributed by atoms with Gasteiger partial charge in [-0.3, -0.25) is 4.79 Å². The molecule has 0 aliphatic heterocycles. The van der Waals surface area contributed by atoms with Crippen molar-refractivity contribution >= 4 is 17.5 Å². The van der Waals surface area contributed by atoms with E-state index in [0.29, 0.717) is 23.2 Å². The number of carbonyl (C=O) groups excluding carboxylic acids is 1. The van der Waals surface area contributed by atoms with E-state index in [1.807, 2.05) is 25.1 Å². The molecule has 0 aliphatic rings. The molecule has 6 nitrogen and oxygen atoms in total. The fourth-order valence-electron chi connectivity index (χ4n) is 2.05. The molecule has 0 saturated carbocycles. The van der Waals surface area contributed by atoms with Crippen molar-refractivity contribution in [3.63, 3.8) is 0 Å². The van der Waals surface area contributed by atoms with Crippen LogP contribution in [0.25, 0.3) is 0 Å². The molecule has 2 rings (SSSR count). The van der Waals surface area contributed by atoms with Gasteiger partial charge in [0.2, 0.25) is 11.8 Å². The molecule has 0 fully saturated rings. The van der Waals surface area contributed by atoms with E-state index in [1.54, 1.807) is 18.2 Å². The van der Waals surface area contributed by atoms with E-state index in [9.17, 15) is 9.90 Å². The minimum Gasteiger partial charge on any atom is -0.447 e. The highest BCUT2D eigenvalue weighted by molar-refractivity contribution is 6.30. The second kappa shape index (κ2) is 8.10. The van der Waals surface area contributed by atoms with Gasteiger partial charge in [-0.1, -0.05) is 23.7 Å². The summed E-state index contributed by atoms with van der Waals surface area (Å²) in [4.78, 5) is 18.1. The standard InChI is InChI=1S/C16H20ClN3O3/c1-20(2)9-15-19-13(10-23-15)8-18-16(22)14(21)7-11-4-3-5-12(17)6-11/h3-6,10,14,21H,7-9H2,1-2H3,(H,18,22). The van der Waals surface area contributed by atoms with E-state index in [2.05, 4.69) is 10.3 Å². The molecule has 1 aromatic heterocycles. The van der Waals surface area contributed by atoms with Gasteiger partial charge < -0.3 is 19.7 Å². The van der Waals surface area contributed by atoms with Gasteiger partial charge in [-0.25, -0.2) is 4.98 Å². The quantitative estimate of drug-likeness (QED) is 0.802. The molecule has 124 valence electrons. The fraction of sp³-hybridized carbons (Fsp3) is 0.375. The SMILES string of the molecule is CN(C)Cc1nc(CNC(=O)C(O)Cc2cccc(Cl)c2)co1. The van der Waals surface area contributed by atoms with Crippen molar-refractivity contribution in [2.24, 2.45) is 0 Å². The van der Waals surface area contributed by atoms with Crippen LogP contribution in [0.4, 0.5) is 0 Å². The Morgan fingerprint density at radius 1 is 1.48 bits per heavy atom. The van der Waals surface area contributed by atoms with Gasteiger partial charge >= 0.3 is 0 Å². The van der Waals surface area contributed by atoms with Gasteiger partial charge in [0, 0.05) is 11.4 Å². The smallest absolute Gasteiger partial charge is 0.249 e. The lowest BCUT2D eigenvalue weighted by Crippen LogP contribution is -2.35. The van der Waals surface area contributed by atoms with Gasteiger partial charge in [-0.2, -0.15) is 0 Å². The zero-order valence-electron chi connectivity index (χ0n) is 13.1. The summed E-state index contributed by atoms with van der Waals surface area (Å²) < 4.78 is 5.30. The van der Waals surface area contributed by atoms with Gasteiger partial charge in [0.1, 0.15) is 12.4 Å². The normalized spacial score (nSPS) is 12.4. The first kappa shape index (κ1) is 17.5. The molecule has 1 atom stereocenters. The van der Waals surface area contributed by atoms with Crippen LogP contribution in [0.15, 0.2) is 34.9 Å². The Morgan fingerprint density at radius 3 is 2.96 bits per heavy atom. The number of aromatic nitrogens is 1. The monoisotopic (exact) mass is 337 g/mol. The first-order valence-electron chi connectivity index (χ1n) is 7.22. The summed E-state index contributed by atoms with van der Waals surface area (Å²) in [5, 5.41) is 13.2. The zero-order chi connectivity index (χ0) is 16.8. The Hall–Kier alpha value is -1.89. The molecular formula is C16H20ClN3O3. The maximum Gasteiger partial charge on any atom is 0.249 e. The maximum atomic E-state index is 11.9. The molecule has 0 aliphatic carbocycles. The Kier molecular flexibility index (Phi) is 6.15. The van der Waals surface area contributed by atoms with E-state index in [1.165, 1.54) is 6.26 Å². The number of halogens is 1. The first-order valence-corrected chi connectivity index (χ1v) is 7.60. The predicted octanol–water partition coefficient (Wildman–Crippen LogP) is 1.61. The lowest BCUT2D eigenvalue weighted by atomic mass is 10.1. The van der Waals surface area contributed by atoms with E-state index < -0.39 is 12.0 Å². The third kappa shape index (κ3) is 5.67. The van der Waals surface area contributed by atoms with E-state index in [-0.39, 0.29) is 13.0 Å². The molecule has 0 saturated heterocycles. The summed E-state index contributed by atoms with van der Waals surface area (Å²) in [7, 11) is 3.83. The van der Waals surface area contributed by atoms with E-state index >= 15 is 0 Å². The molecule has 1 aromatic carbocycles. The highest BCUT2D eigenvalue weighted by Gasteiger charge is 2.16. The average molecular weight is 338 g/mol. The Morgan fingerprint density at radius 2 is 2.26 bits per heavy atom. The van der Waals surface area contributed by atoms with Gasteiger partial charge in [-0.05, 0) is 31.8 Å². The number of nitrogens with zero attached hydrogens (tertiary/aromatic N) is 2. The Balaban J connectivity index is 1.83. The summed E-state index contributed by atoms with van der Waals surface area (Å²) in [6, 6.07) is 7.06. The van der Waals surface area contributed by atoms with Crippen LogP contribution in [0.1, 0.15) is 17.1 Å². The second-order valence-corrected chi connectivity index (χ2v) is 5.97. The second-order valence-electron chi connectivity index (χ2n) is 5.54. The van der Waals surface area contributed by atoms with Crippen LogP contribution in [-0.4, -0.2) is 41.1 Å². The predicted molar refractivity (Wildman–Crippen MR) is 86.9 cm³/mol. The number of hydrogen-bond acceptors (Lipinski definition) is 5. The molecule has 23 heavy (non-hydrogen) atoms. The van der Waals surface area contributed by atoms with Crippen molar-refractivity contribution in [2.75, 3.05) is 14.1 Å². The third-order valence-electron chi connectivity index (χ3n) is 3.12. The lowest BCUT2D eigenvalue weighted by molar-refractivity contribution is -0.129. The van der Waals surface area contributed by atoms with Crippen LogP contribution in [0, 0.1) is 0 Å². The molecule has 2 aromatic rings. The van der Waals surface area contributed by atoms with Crippen molar-refractivity contribution in [1.29, 1.82) is 0 Å². The Bertz CT molecular complexity index is 658. The molecule has 1 heterocycles. The number of oxazole rings is 1. The van der Waals surface area contributed by atoms with Crippen LogP contribution in [0.2, 0.25) is 5.02 Å². The van der Waals surface area contributed by atoms with Crippen molar-refractivity contribution in [2.45, 2.75) is 25.6 Å². The van der Waals surface area contributed by atoms with Crippen LogP contribution in [-0.2, 0) is 24.3 Å². The van der Waals surface area contributed by atoms with Gasteiger partial charge in [0.15, 0.2) is 0 Å². The Labute approximate surface area is 140 Å². The van der Waals surface area contributed by atoms with Crippen molar-refractivity contribution < 1.29 is 14.3 Å². The minimum absolute atomic E-state index is 0.205. The molecule has 2 N–H and O–H groups in total. The number of carbonyl (C=O) groups is 1. The summed E-state index contributed by atoms with van der Waals surface area (Å²) in [6.45, 7) is 0.799. The van der Waals surface area contributed by atoms with Crippen LogP contribution >= 0.6 is 11.6 Å². The van der Waals surface area contributed by atoms with Crippen LogP contribution in [0.5, 0.6) is 0 Å². The maximum absolute atomic E-state index is 11.9. The zero-order valence-corrected chi connectivity index (χ0v) is 13.9. The summed E-state index contributed by atoms with van der Waals surface area (Å²) in [5.74, 6) is 0.126. The molecule has 0 radical (unpaired) electrons. The summed E-state index contributed by atoms with van der Waals surface area (Å²) in [6.07, 6.45) is 0.570. The summed E-state index contributed by atoms with van der Waals surface area (Å²) >= 11 is 5.88. The number of hydrogen-bond donors (Lipinski definition) is 2. The number of benzene rings is 1. The number of nitrogens with one attached hydrogen (secondary N) is 1. The third-order valence-corrected chi connectivity index (χ3v) is 3.35. The lowest BCUT2D eigenvalue weighted by Gasteiger charge is -2.10. The van der Waals surface area contributed by atoms with Gasteiger partial charge in [0.25, 0.3) is 0 Å². The average Bonchev–Trinajstić information content (AvgIpc) is 2.91. The van der Waals surface area contributed by atoms with Crippen LogP contribution in [0.3, 0.4) is 0 Å². The summed E-state index contributed by atoms with van der Waals surface area (Å²) in [5.41, 5.74) is 1.42. The fourth-order valence-corrected chi connectivity index (χ4v) is 2.26. The molecule has 1 amide bonds. The first-order chi connectivity index (χ1) is 10.9. The molecule has 7 heteroatoms. The molecular weight excluding hydrogens is 318 g/mol.